The Morgan fingerprint density at radius 3 is 1.53 bits per heavy atom. The molecule has 0 bridgehead atoms. The average molecular weight is 551 g/mol. The topological polar surface area (TPSA) is 146 Å². The van der Waals surface area contributed by atoms with Gasteiger partial charge in [0.15, 0.2) is 0 Å². The summed E-state index contributed by atoms with van der Waals surface area (Å²) >= 11 is 0. The number of nitrogens with zero attached hydrogens (tertiary/aromatic N) is 3. The highest BCUT2D eigenvalue weighted by Gasteiger charge is 2.21. The molecule has 0 heterocycles. The van der Waals surface area contributed by atoms with E-state index in [1.807, 2.05) is 39.5 Å². The summed E-state index contributed by atoms with van der Waals surface area (Å²) in [6, 6.07) is 0. The van der Waals surface area contributed by atoms with Gasteiger partial charge >= 0.3 is 0 Å². The Morgan fingerprint density at radius 2 is 1.13 bits per heavy atom. The normalized spacial score (nSPS) is 15.2. The molecule has 0 aromatic heterocycles. The molecule has 0 fully saturated rings. The Kier molecular flexibility index (Phi) is 24.0. The molecule has 2 amide bonds. The minimum Gasteiger partial charge on any atom is -0.392 e. The number of amides is 2. The van der Waals surface area contributed by atoms with Gasteiger partial charge in [0.2, 0.25) is 11.8 Å². The number of ether oxygens (including phenoxy) is 1. The van der Waals surface area contributed by atoms with Crippen molar-refractivity contribution in [2.24, 2.45) is 0 Å². The summed E-state index contributed by atoms with van der Waals surface area (Å²) < 4.78 is 5.41. The Bertz CT molecular complexity index is 596. The molecule has 228 valence electrons. The molecule has 0 rings (SSSR count). The highest BCUT2D eigenvalue weighted by molar-refractivity contribution is 5.73. The molecule has 5 atom stereocenters. The first-order valence-electron chi connectivity index (χ1n) is 14.1. The fourth-order valence-corrected chi connectivity index (χ4v) is 3.38. The molecule has 0 aliphatic rings. The number of nitrogens with one attached hydrogen (secondary N) is 1. The average Bonchev–Trinajstić information content (AvgIpc) is 2.89. The molecular formula is C27H58N4O7. The molecule has 38 heavy (non-hydrogen) atoms. The van der Waals surface area contributed by atoms with Crippen LogP contribution in [0.5, 0.6) is 0 Å². The fraction of sp³-hybridized carbons (Fsp3) is 0.926. The number of hydrogen-bond acceptors (Lipinski definition) is 9. The number of aliphatic hydroxyl groups excluding tert-OH is 4. The lowest BCUT2D eigenvalue weighted by Gasteiger charge is -2.34. The van der Waals surface area contributed by atoms with Crippen LogP contribution in [0.15, 0.2) is 0 Å². The van der Waals surface area contributed by atoms with Crippen LogP contribution in [0.3, 0.4) is 0 Å². The molecule has 0 saturated carbocycles. The molecule has 11 nitrogen and oxygen atoms in total. The molecule has 0 saturated heterocycles. The monoisotopic (exact) mass is 550 g/mol. The first-order chi connectivity index (χ1) is 17.9. The highest BCUT2D eigenvalue weighted by Crippen LogP contribution is 2.07. The van der Waals surface area contributed by atoms with Gasteiger partial charge in [-0.1, -0.05) is 34.6 Å². The molecule has 5 N–H and O–H groups in total. The van der Waals surface area contributed by atoms with Gasteiger partial charge in [0, 0.05) is 53.7 Å². The van der Waals surface area contributed by atoms with Gasteiger partial charge in [-0.05, 0) is 32.1 Å². The van der Waals surface area contributed by atoms with Crippen LogP contribution in [-0.4, -0.2) is 131 Å². The Balaban J connectivity index is 0. The summed E-state index contributed by atoms with van der Waals surface area (Å²) in [5, 5.41) is 41.5. The Hall–Kier alpha value is -1.34. The molecule has 0 aromatic carbocycles. The molecule has 0 radical (unpaired) electrons. The van der Waals surface area contributed by atoms with Gasteiger partial charge in [-0.3, -0.25) is 19.8 Å². The van der Waals surface area contributed by atoms with E-state index >= 15 is 0 Å². The van der Waals surface area contributed by atoms with Crippen molar-refractivity contribution in [1.29, 1.82) is 0 Å². The van der Waals surface area contributed by atoms with E-state index in [4.69, 9.17) is 4.74 Å². The van der Waals surface area contributed by atoms with Crippen LogP contribution in [0, 0.1) is 0 Å². The van der Waals surface area contributed by atoms with E-state index in [9.17, 15) is 30.0 Å². The fourth-order valence-electron chi connectivity index (χ4n) is 3.38. The third-order valence-corrected chi connectivity index (χ3v) is 6.41. The van der Waals surface area contributed by atoms with Gasteiger partial charge in [0.1, 0.15) is 0 Å². The minimum atomic E-state index is -0.522. The van der Waals surface area contributed by atoms with E-state index < -0.39 is 18.3 Å². The van der Waals surface area contributed by atoms with Crippen LogP contribution >= 0.6 is 0 Å². The molecule has 0 aromatic rings. The Morgan fingerprint density at radius 1 is 0.684 bits per heavy atom. The second-order valence-corrected chi connectivity index (χ2v) is 9.79. The quantitative estimate of drug-likeness (QED) is 0.140. The maximum Gasteiger partial charge on any atom is 0.220 e. The van der Waals surface area contributed by atoms with E-state index in [0.717, 1.165) is 6.42 Å². The van der Waals surface area contributed by atoms with Crippen molar-refractivity contribution in [3.8, 4) is 0 Å². The summed E-state index contributed by atoms with van der Waals surface area (Å²) in [7, 11) is 1.67. The number of methoxy groups -OCH3 is 1. The first-order valence-corrected chi connectivity index (χ1v) is 14.1. The van der Waals surface area contributed by atoms with Gasteiger partial charge in [-0.25, -0.2) is 0 Å². The van der Waals surface area contributed by atoms with Crippen molar-refractivity contribution in [1.82, 2.24) is 20.0 Å². The van der Waals surface area contributed by atoms with Gasteiger partial charge in [-0.15, -0.1) is 0 Å². The molecule has 11 heteroatoms. The number of carbonyl (C=O) groups excluding carboxylic acids is 2. The summed E-state index contributed by atoms with van der Waals surface area (Å²) in [5.74, 6) is -0.153. The van der Waals surface area contributed by atoms with Gasteiger partial charge in [-0.2, -0.15) is 0 Å². The lowest BCUT2D eigenvalue weighted by atomic mass is 10.2. The first kappa shape index (κ1) is 38.8. The van der Waals surface area contributed by atoms with Crippen LogP contribution in [0.4, 0.5) is 0 Å². The van der Waals surface area contributed by atoms with Crippen LogP contribution in [-0.2, 0) is 14.3 Å². The summed E-state index contributed by atoms with van der Waals surface area (Å²) in [6.07, 6.45) is 1.69. The van der Waals surface area contributed by atoms with Crippen molar-refractivity contribution in [2.45, 2.75) is 111 Å². The maximum atomic E-state index is 11.8. The lowest BCUT2D eigenvalue weighted by molar-refractivity contribution is -0.133. The Labute approximate surface area is 231 Å². The highest BCUT2D eigenvalue weighted by atomic mass is 16.5. The number of hydrogen-bond donors (Lipinski definition) is 5. The number of rotatable bonds is 20. The second kappa shape index (κ2) is 23.5. The third-order valence-electron chi connectivity index (χ3n) is 6.41. The van der Waals surface area contributed by atoms with Crippen molar-refractivity contribution in [3.05, 3.63) is 0 Å². The standard InChI is InChI=1S/C16H34N2O4.C11H24N2O3/c1-6-14(20)9-17(11-16(8-3)22-5)12-18(13(4)19)10-15(21)7-2;1-4-10(15)6-12-8-13(9(3)14)7-11(16)5-2/h14-16,20-21H,6-12H2,1-5H3;10-12,15-16H,4-8H2,1-3H3. The minimum absolute atomic E-state index is 0.0639. The smallest absolute Gasteiger partial charge is 0.220 e. The molecular weight excluding hydrogens is 492 g/mol. The van der Waals surface area contributed by atoms with E-state index in [-0.39, 0.29) is 24.0 Å². The molecule has 0 aliphatic carbocycles. The van der Waals surface area contributed by atoms with Crippen molar-refractivity contribution < 1.29 is 34.8 Å². The van der Waals surface area contributed by atoms with Crippen molar-refractivity contribution in [3.63, 3.8) is 0 Å². The predicted octanol–water partition coefficient (Wildman–Crippen LogP) is 0.985. The second-order valence-electron chi connectivity index (χ2n) is 9.79. The lowest BCUT2D eigenvalue weighted by Crippen LogP contribution is -2.48. The van der Waals surface area contributed by atoms with Crippen LogP contribution in [0.2, 0.25) is 0 Å². The predicted molar refractivity (Wildman–Crippen MR) is 150 cm³/mol. The molecule has 0 aliphatic heterocycles. The third kappa shape index (κ3) is 19.7. The van der Waals surface area contributed by atoms with Crippen LogP contribution in [0.25, 0.3) is 0 Å². The summed E-state index contributed by atoms with van der Waals surface area (Å²) in [6.45, 7) is 15.6. The SMILES string of the molecule is CCC(O)CN(CC(CC)OC)CN(CC(O)CC)C(C)=O.CCC(O)CNCN(CC(O)CC)C(C)=O. The van der Waals surface area contributed by atoms with Gasteiger partial charge < -0.3 is 35.0 Å². The molecule has 5 unspecified atom stereocenters. The molecule has 0 spiro atoms. The van der Waals surface area contributed by atoms with Gasteiger partial charge in [0.05, 0.1) is 43.9 Å². The van der Waals surface area contributed by atoms with Crippen molar-refractivity contribution in [2.75, 3.05) is 53.2 Å². The number of aliphatic hydroxyl groups is 4. The van der Waals surface area contributed by atoms with E-state index in [2.05, 4.69) is 5.32 Å². The zero-order valence-electron chi connectivity index (χ0n) is 25.2. The number of carbonyl (C=O) groups is 2. The maximum absolute atomic E-state index is 11.8. The van der Waals surface area contributed by atoms with E-state index in [1.165, 1.54) is 18.7 Å². The zero-order valence-corrected chi connectivity index (χ0v) is 25.2. The largest absolute Gasteiger partial charge is 0.392 e. The zero-order chi connectivity index (χ0) is 29.7. The van der Waals surface area contributed by atoms with Crippen LogP contribution < -0.4 is 5.32 Å². The van der Waals surface area contributed by atoms with Gasteiger partial charge in [0.25, 0.3) is 0 Å². The van der Waals surface area contributed by atoms with Crippen molar-refractivity contribution >= 4 is 11.8 Å². The van der Waals surface area contributed by atoms with E-state index in [0.29, 0.717) is 71.7 Å². The van der Waals surface area contributed by atoms with E-state index in [1.54, 1.807) is 12.0 Å². The van der Waals surface area contributed by atoms with Crippen LogP contribution in [0.1, 0.15) is 80.6 Å². The summed E-state index contributed by atoms with van der Waals surface area (Å²) in [5.41, 5.74) is 0. The summed E-state index contributed by atoms with van der Waals surface area (Å²) in [4.78, 5) is 28.2.